The summed E-state index contributed by atoms with van der Waals surface area (Å²) in [5.74, 6) is -4.75. The van der Waals surface area contributed by atoms with Crippen LogP contribution in [0.15, 0.2) is 48.5 Å². The van der Waals surface area contributed by atoms with Crippen LogP contribution < -0.4 is 16.4 Å². The third-order valence-electron chi connectivity index (χ3n) is 5.59. The van der Waals surface area contributed by atoms with Gasteiger partial charge in [-0.1, -0.05) is 36.4 Å². The van der Waals surface area contributed by atoms with Crippen molar-refractivity contribution in [3.8, 4) is 11.1 Å². The Bertz CT molecular complexity index is 1200. The Morgan fingerprint density at radius 2 is 1.45 bits per heavy atom. The van der Waals surface area contributed by atoms with Crippen LogP contribution in [0, 0.1) is 10.1 Å². The summed E-state index contributed by atoms with van der Waals surface area (Å²) in [6.45, 7) is 0. The van der Waals surface area contributed by atoms with Crippen LogP contribution in [0.2, 0.25) is 0 Å². The summed E-state index contributed by atoms with van der Waals surface area (Å²) in [5.41, 5.74) is 7.37. The SMILES string of the molecule is NC(=O)C(CCC(=O)O)NC(=O)C(CCC(=O)O)NC(=O)CCc1ccc(-c2cccc([N+](=O)[O-])c2)cc1. The van der Waals surface area contributed by atoms with Crippen LogP contribution in [-0.2, 0) is 30.4 Å². The van der Waals surface area contributed by atoms with E-state index in [2.05, 4.69) is 10.6 Å². The van der Waals surface area contributed by atoms with Gasteiger partial charge >= 0.3 is 11.9 Å². The van der Waals surface area contributed by atoms with Crippen LogP contribution in [0.25, 0.3) is 11.1 Å². The zero-order chi connectivity index (χ0) is 28.2. The van der Waals surface area contributed by atoms with Crippen LogP contribution >= 0.6 is 0 Å². The summed E-state index contributed by atoms with van der Waals surface area (Å²) in [6.07, 6.45) is -1.13. The van der Waals surface area contributed by atoms with E-state index in [1.54, 1.807) is 36.4 Å². The number of nitrogens with two attached hydrogens (primary N) is 1. The fourth-order valence-electron chi connectivity index (χ4n) is 3.55. The number of aliphatic carboxylic acids is 2. The van der Waals surface area contributed by atoms with E-state index >= 15 is 0 Å². The molecule has 0 saturated carbocycles. The van der Waals surface area contributed by atoms with Crippen molar-refractivity contribution in [2.75, 3.05) is 0 Å². The lowest BCUT2D eigenvalue weighted by Crippen LogP contribution is -2.53. The third kappa shape index (κ3) is 9.68. The average molecular weight is 529 g/mol. The molecule has 0 aliphatic rings. The van der Waals surface area contributed by atoms with E-state index in [1.165, 1.54) is 12.1 Å². The number of benzene rings is 2. The number of carboxylic acids is 2. The zero-order valence-electron chi connectivity index (χ0n) is 20.3. The third-order valence-corrected chi connectivity index (χ3v) is 5.59. The molecule has 3 amide bonds. The quantitative estimate of drug-likeness (QED) is 0.166. The van der Waals surface area contributed by atoms with Crippen molar-refractivity contribution in [1.29, 1.82) is 0 Å². The average Bonchev–Trinajstić information content (AvgIpc) is 2.87. The molecular weight excluding hydrogens is 500 g/mol. The highest BCUT2D eigenvalue weighted by molar-refractivity contribution is 5.92. The summed E-state index contributed by atoms with van der Waals surface area (Å²) in [4.78, 5) is 69.0. The number of carbonyl (C=O) groups is 5. The van der Waals surface area contributed by atoms with Crippen molar-refractivity contribution in [2.45, 2.75) is 50.6 Å². The van der Waals surface area contributed by atoms with Crippen LogP contribution in [0.4, 0.5) is 5.69 Å². The molecule has 38 heavy (non-hydrogen) atoms. The normalized spacial score (nSPS) is 12.1. The minimum atomic E-state index is -1.30. The van der Waals surface area contributed by atoms with E-state index in [1.807, 2.05) is 0 Å². The number of amides is 3. The first kappa shape index (κ1) is 29.4. The Labute approximate surface area is 217 Å². The van der Waals surface area contributed by atoms with E-state index < -0.39 is 59.5 Å². The number of hydrogen-bond donors (Lipinski definition) is 5. The zero-order valence-corrected chi connectivity index (χ0v) is 20.3. The molecule has 0 aliphatic heterocycles. The molecule has 0 radical (unpaired) electrons. The monoisotopic (exact) mass is 528 g/mol. The van der Waals surface area contributed by atoms with Gasteiger partial charge in [0, 0.05) is 31.4 Å². The number of nitro groups is 1. The molecule has 0 aliphatic carbocycles. The van der Waals surface area contributed by atoms with Crippen LogP contribution in [0.5, 0.6) is 0 Å². The molecule has 13 heteroatoms. The molecule has 0 bridgehead atoms. The first-order valence-electron chi connectivity index (χ1n) is 11.6. The Morgan fingerprint density at radius 1 is 0.842 bits per heavy atom. The van der Waals surface area contributed by atoms with Crippen LogP contribution in [-0.4, -0.2) is 56.9 Å². The van der Waals surface area contributed by atoms with E-state index in [0.29, 0.717) is 5.56 Å². The fourth-order valence-corrected chi connectivity index (χ4v) is 3.55. The second kappa shape index (κ2) is 14.1. The maximum atomic E-state index is 12.6. The number of rotatable bonds is 15. The molecule has 0 spiro atoms. The van der Waals surface area contributed by atoms with E-state index in [-0.39, 0.29) is 31.4 Å². The standard InChI is InChI=1S/C25H28N4O9/c26-24(35)19(9-12-22(31)32)28-25(36)20(10-13-23(33)34)27-21(30)11-6-15-4-7-16(8-5-15)17-2-1-3-18(14-17)29(37)38/h1-5,7-8,14,19-20H,6,9-13H2,(H2,26,35)(H,27,30)(H,28,36)(H,31,32)(H,33,34). The molecule has 0 heterocycles. The highest BCUT2D eigenvalue weighted by Crippen LogP contribution is 2.24. The predicted octanol–water partition coefficient (Wildman–Crippen LogP) is 1.38. The number of nitrogens with one attached hydrogen (secondary N) is 2. The van der Waals surface area contributed by atoms with Crippen molar-refractivity contribution in [3.63, 3.8) is 0 Å². The number of carbonyl (C=O) groups excluding carboxylic acids is 3. The molecule has 0 fully saturated rings. The summed E-state index contributed by atoms with van der Waals surface area (Å²) < 4.78 is 0. The lowest BCUT2D eigenvalue weighted by Gasteiger charge is -2.21. The first-order valence-corrected chi connectivity index (χ1v) is 11.6. The van der Waals surface area contributed by atoms with E-state index in [9.17, 15) is 34.1 Å². The van der Waals surface area contributed by atoms with Gasteiger partial charge in [-0.25, -0.2) is 0 Å². The molecule has 2 rings (SSSR count). The summed E-state index contributed by atoms with van der Waals surface area (Å²) in [7, 11) is 0. The lowest BCUT2D eigenvalue weighted by atomic mass is 10.0. The fraction of sp³-hybridized carbons (Fsp3) is 0.320. The second-order valence-corrected chi connectivity index (χ2v) is 8.45. The van der Waals surface area contributed by atoms with Gasteiger partial charge in [-0.05, 0) is 36.0 Å². The van der Waals surface area contributed by atoms with Crippen molar-refractivity contribution < 1.29 is 39.1 Å². The molecular formula is C25H28N4O9. The molecule has 13 nitrogen and oxygen atoms in total. The smallest absolute Gasteiger partial charge is 0.303 e. The number of carboxylic acid groups (broad SMARTS) is 2. The molecule has 0 aromatic heterocycles. The molecule has 2 atom stereocenters. The van der Waals surface area contributed by atoms with Gasteiger partial charge < -0.3 is 26.6 Å². The van der Waals surface area contributed by atoms with Gasteiger partial charge in [0.2, 0.25) is 17.7 Å². The van der Waals surface area contributed by atoms with E-state index in [0.717, 1.165) is 11.1 Å². The Balaban J connectivity index is 2.00. The molecule has 2 aromatic rings. The van der Waals surface area contributed by atoms with Gasteiger partial charge in [0.1, 0.15) is 12.1 Å². The molecule has 2 aromatic carbocycles. The van der Waals surface area contributed by atoms with Crippen molar-refractivity contribution >= 4 is 35.3 Å². The largest absolute Gasteiger partial charge is 0.481 e. The molecule has 0 saturated heterocycles. The minimum Gasteiger partial charge on any atom is -0.481 e. The maximum Gasteiger partial charge on any atom is 0.303 e. The van der Waals surface area contributed by atoms with Gasteiger partial charge in [-0.2, -0.15) is 0 Å². The van der Waals surface area contributed by atoms with Crippen LogP contribution in [0.3, 0.4) is 0 Å². The van der Waals surface area contributed by atoms with Gasteiger partial charge in [0.15, 0.2) is 0 Å². The summed E-state index contributed by atoms with van der Waals surface area (Å²) in [5, 5.41) is 33.5. The van der Waals surface area contributed by atoms with Gasteiger partial charge in [0.05, 0.1) is 4.92 Å². The number of aryl methyl sites for hydroxylation is 1. The first-order chi connectivity index (χ1) is 18.0. The van der Waals surface area contributed by atoms with Gasteiger partial charge in [-0.15, -0.1) is 0 Å². The Morgan fingerprint density at radius 3 is 2.00 bits per heavy atom. The number of non-ortho nitro benzene ring substituents is 1. The minimum absolute atomic E-state index is 0.0335. The highest BCUT2D eigenvalue weighted by atomic mass is 16.6. The maximum absolute atomic E-state index is 12.6. The van der Waals surface area contributed by atoms with Crippen molar-refractivity contribution in [3.05, 3.63) is 64.2 Å². The molecule has 6 N–H and O–H groups in total. The number of hydrogen-bond acceptors (Lipinski definition) is 7. The second-order valence-electron chi connectivity index (χ2n) is 8.45. The number of nitrogens with zero attached hydrogens (tertiary/aromatic N) is 1. The van der Waals surface area contributed by atoms with Gasteiger partial charge in [-0.3, -0.25) is 34.1 Å². The highest BCUT2D eigenvalue weighted by Gasteiger charge is 2.26. The van der Waals surface area contributed by atoms with Gasteiger partial charge in [0.25, 0.3) is 5.69 Å². The van der Waals surface area contributed by atoms with Crippen LogP contribution in [0.1, 0.15) is 37.7 Å². The molecule has 202 valence electrons. The van der Waals surface area contributed by atoms with Crippen molar-refractivity contribution in [1.82, 2.24) is 10.6 Å². The number of nitro benzene ring substituents is 1. The Hall–Kier alpha value is -4.81. The Kier molecular flexibility index (Phi) is 10.9. The topological polar surface area (TPSA) is 219 Å². The van der Waals surface area contributed by atoms with Crippen molar-refractivity contribution in [2.24, 2.45) is 5.73 Å². The predicted molar refractivity (Wildman–Crippen MR) is 134 cm³/mol. The molecule has 2 unspecified atom stereocenters. The summed E-state index contributed by atoms with van der Waals surface area (Å²) >= 11 is 0. The van der Waals surface area contributed by atoms with E-state index in [4.69, 9.17) is 15.9 Å². The number of primary amides is 1. The summed E-state index contributed by atoms with van der Waals surface area (Å²) in [6, 6.07) is 10.6. The lowest BCUT2D eigenvalue weighted by molar-refractivity contribution is -0.384.